The molecule has 0 aliphatic heterocycles. The summed E-state index contributed by atoms with van der Waals surface area (Å²) in [5.41, 5.74) is 0. The van der Waals surface area contributed by atoms with Gasteiger partial charge in [0.1, 0.15) is 0 Å². The Kier molecular flexibility index (Phi) is 209. The fourth-order valence-electron chi connectivity index (χ4n) is 0.100. The summed E-state index contributed by atoms with van der Waals surface area (Å²) in [7, 11) is 4.51. The molecule has 0 bridgehead atoms. The zero-order chi connectivity index (χ0) is 6.41. The van der Waals surface area contributed by atoms with Gasteiger partial charge in [-0.1, -0.05) is 0 Å². The topological polar surface area (TPSA) is 27.7 Å². The van der Waals surface area contributed by atoms with Crippen LogP contribution in [0.2, 0.25) is 6.55 Å². The molecule has 0 aliphatic carbocycles. The van der Waals surface area contributed by atoms with Crippen LogP contribution in [0.25, 0.3) is 0 Å². The standard InChI is InChI=1S/CH3O3Si4.9Y/c1-8(3-6)4-7-2-5;;;;;;;;;/h1H3;;;;;;;;;. The molecule has 0 fully saturated rings. The van der Waals surface area contributed by atoms with Crippen molar-refractivity contribution in [3.63, 3.8) is 0 Å². The number of rotatable bonds is 4. The summed E-state index contributed by atoms with van der Waals surface area (Å²) in [5.74, 6) is 0. The van der Waals surface area contributed by atoms with Crippen LogP contribution < -0.4 is 0 Å². The van der Waals surface area contributed by atoms with Gasteiger partial charge in [0.25, 0.3) is 0 Å². The summed E-state index contributed by atoms with van der Waals surface area (Å²) in [4.78, 5) is 0. The van der Waals surface area contributed by atoms with Crippen LogP contribution >= 0.6 is 0 Å². The van der Waals surface area contributed by atoms with Crippen LogP contribution in [0.15, 0.2) is 0 Å². The van der Waals surface area contributed by atoms with Gasteiger partial charge < -0.3 is 12.3 Å². The van der Waals surface area contributed by atoms with E-state index in [2.05, 4.69) is 29.2 Å². The molecule has 0 saturated heterocycles. The predicted octanol–water partition coefficient (Wildman–Crippen LogP) is -1.17. The minimum atomic E-state index is -1.12. The van der Waals surface area contributed by atoms with Gasteiger partial charge in [0.15, 0.2) is 0 Å². The molecular weight excluding hydrogens is 973 g/mol. The molecule has 17 heavy (non-hydrogen) atoms. The summed E-state index contributed by atoms with van der Waals surface area (Å²) < 4.78 is 14.0. The van der Waals surface area contributed by atoms with Crippen molar-refractivity contribution in [1.29, 1.82) is 0 Å². The second-order valence-corrected chi connectivity index (χ2v) is 4.48. The summed E-state index contributed by atoms with van der Waals surface area (Å²) in [5, 5.41) is 0. The molecule has 16 heteroatoms. The number of hydrogen-bond donors (Lipinski definition) is 0. The Hall–Kier alpha value is 10.7. The van der Waals surface area contributed by atoms with E-state index < -0.39 is 9.28 Å². The smallest absolute Gasteiger partial charge is 0.411 e. The van der Waals surface area contributed by atoms with Gasteiger partial charge in [-0.3, -0.25) is 0 Å². The van der Waals surface area contributed by atoms with Crippen molar-refractivity contribution in [2.24, 2.45) is 0 Å². The average Bonchev–Trinajstić information content (AvgIpc) is 1.83. The maximum absolute atomic E-state index is 4.93. The quantitative estimate of drug-likeness (QED) is 0.334. The molecule has 0 saturated carbocycles. The van der Waals surface area contributed by atoms with E-state index in [1.54, 1.807) is 0 Å². The molecule has 0 N–H and O–H groups in total. The van der Waals surface area contributed by atoms with Crippen molar-refractivity contribution in [1.82, 2.24) is 0 Å². The zero-order valence-corrected chi connectivity index (χ0v) is 39.0. The van der Waals surface area contributed by atoms with Crippen LogP contribution in [0.3, 0.4) is 0 Å². The Morgan fingerprint density at radius 3 is 1.24 bits per heavy atom. The van der Waals surface area contributed by atoms with Crippen molar-refractivity contribution in [3.05, 3.63) is 0 Å². The van der Waals surface area contributed by atoms with E-state index in [1.807, 2.05) is 6.55 Å². The van der Waals surface area contributed by atoms with E-state index >= 15 is 0 Å². The van der Waals surface area contributed by atoms with Gasteiger partial charge in [0.2, 0.25) is 21.0 Å². The Labute approximate surface area is 342 Å². The second-order valence-electron chi connectivity index (χ2n) is 0.881. The van der Waals surface area contributed by atoms with E-state index in [1.165, 1.54) is 0 Å². The predicted molar refractivity (Wildman–Crippen MR) is 32.1 cm³/mol. The summed E-state index contributed by atoms with van der Waals surface area (Å²) in [6.07, 6.45) is 0. The Morgan fingerprint density at radius 2 is 1.06 bits per heavy atom. The van der Waals surface area contributed by atoms with Gasteiger partial charge in [-0.15, -0.1) is 0 Å². The van der Waals surface area contributed by atoms with E-state index in [0.717, 1.165) is 0 Å². The van der Waals surface area contributed by atoms with Crippen molar-refractivity contribution < 1.29 is 307 Å². The first-order valence-electron chi connectivity index (χ1n) is 1.72. The van der Waals surface area contributed by atoms with E-state index in [4.69, 9.17) is 4.12 Å². The van der Waals surface area contributed by atoms with Crippen molar-refractivity contribution in [2.75, 3.05) is 0 Å². The molecule has 68 valence electrons. The maximum Gasteiger partial charge on any atom is 0.411 e. The normalized spacial score (nSPS) is 4.94. The Bertz CT molecular complexity index is 67.5. The minimum Gasteiger partial charge on any atom is -0.436 e. The van der Waals surface area contributed by atoms with E-state index in [-0.39, 0.29) is 304 Å². The first kappa shape index (κ1) is 63.0. The molecule has 0 atom stereocenters. The summed E-state index contributed by atoms with van der Waals surface area (Å²) >= 11 is 0. The molecule has 0 aromatic carbocycles. The van der Waals surface area contributed by atoms with Crippen LogP contribution in [0.4, 0.5) is 0 Å². The van der Waals surface area contributed by atoms with Crippen molar-refractivity contribution in [3.8, 4) is 0 Å². The van der Waals surface area contributed by atoms with Crippen LogP contribution in [0.5, 0.6) is 0 Å². The summed E-state index contributed by atoms with van der Waals surface area (Å²) in [6, 6.07) is 0. The average molecular weight is 976 g/mol. The third kappa shape index (κ3) is 58.4. The van der Waals surface area contributed by atoms with Gasteiger partial charge in [-0.05, 0) is 6.55 Å². The molecule has 0 aromatic rings. The van der Waals surface area contributed by atoms with Gasteiger partial charge in [-0.2, -0.15) is 0 Å². The van der Waals surface area contributed by atoms with Crippen molar-refractivity contribution in [2.45, 2.75) is 6.55 Å². The third-order valence-corrected chi connectivity index (χ3v) is 3.34. The molecule has 0 heterocycles. The Balaban J connectivity index is -0.00000000681. The molecule has 0 spiro atoms. The van der Waals surface area contributed by atoms with Gasteiger partial charge in [0, 0.05) is 294 Å². The molecule has 0 aromatic heterocycles. The molecule has 3 nitrogen and oxygen atoms in total. The van der Waals surface area contributed by atoms with Crippen LogP contribution in [0, 0.1) is 0 Å². The van der Waals surface area contributed by atoms with Gasteiger partial charge in [0.05, 0.1) is 0 Å². The Morgan fingerprint density at radius 1 is 0.765 bits per heavy atom. The number of hydrogen-bond acceptors (Lipinski definition) is 3. The zero-order valence-electron chi connectivity index (χ0n) is 9.42. The molecule has 0 amide bonds. The van der Waals surface area contributed by atoms with Crippen LogP contribution in [-0.2, 0) is 307 Å². The first-order valence-corrected chi connectivity index (χ1v) is 5.17. The largest absolute Gasteiger partial charge is 0.436 e. The third-order valence-electron chi connectivity index (χ3n) is 0.371. The fraction of sp³-hybridized carbons (Fsp3) is 1.00. The van der Waals surface area contributed by atoms with E-state index in [0.29, 0.717) is 0 Å². The van der Waals surface area contributed by atoms with Crippen LogP contribution in [-0.4, -0.2) is 40.3 Å². The van der Waals surface area contributed by atoms with Crippen LogP contribution in [0.1, 0.15) is 0 Å². The fourth-order valence-corrected chi connectivity index (χ4v) is 1.65. The molecular formula is CH3O3Si4Y9. The first-order chi connectivity index (χ1) is 3.81. The van der Waals surface area contributed by atoms with Gasteiger partial charge >= 0.3 is 19.3 Å². The minimum absolute atomic E-state index is 0. The molecule has 0 rings (SSSR count). The van der Waals surface area contributed by atoms with Gasteiger partial charge in [-0.25, -0.2) is 0 Å². The molecule has 0 aliphatic rings. The van der Waals surface area contributed by atoms with E-state index in [9.17, 15) is 0 Å². The molecule has 18 radical (unpaired) electrons. The van der Waals surface area contributed by atoms with Crippen molar-refractivity contribution >= 4 is 40.3 Å². The SMILES string of the molecule is C[Si](O[Si])O[Si]O[Si].[Y].[Y].[Y].[Y].[Y].[Y].[Y].[Y].[Y]. The summed E-state index contributed by atoms with van der Waals surface area (Å²) in [6.45, 7) is 1.84. The molecule has 0 unspecified atom stereocenters. The maximum atomic E-state index is 4.93. The monoisotopic (exact) mass is 975 g/mol. The second kappa shape index (κ2) is 56.3.